The summed E-state index contributed by atoms with van der Waals surface area (Å²) < 4.78 is 4.46. The van der Waals surface area contributed by atoms with Gasteiger partial charge >= 0.3 is 5.97 Å². The summed E-state index contributed by atoms with van der Waals surface area (Å²) in [5.41, 5.74) is 5.44. The van der Waals surface area contributed by atoms with Crippen LogP contribution in [-0.2, 0) is 9.53 Å². The summed E-state index contributed by atoms with van der Waals surface area (Å²) in [5.74, 6) is -0.213. The topological polar surface area (TPSA) is 95.5 Å². The highest BCUT2D eigenvalue weighted by Crippen LogP contribution is 2.27. The van der Waals surface area contributed by atoms with E-state index >= 15 is 0 Å². The molecule has 0 heterocycles. The molecule has 1 aromatic carbocycles. The molecule has 0 aliphatic rings. The number of carbonyl (C=O) groups excluding carboxylic acids is 1. The number of methoxy groups -OCH3 is 1. The van der Waals surface area contributed by atoms with Crippen molar-refractivity contribution < 1.29 is 14.5 Å². The van der Waals surface area contributed by atoms with E-state index in [1.807, 2.05) is 0 Å². The summed E-state index contributed by atoms with van der Waals surface area (Å²) in [7, 11) is 1.30. The van der Waals surface area contributed by atoms with Gasteiger partial charge in [0.25, 0.3) is 5.69 Å². The van der Waals surface area contributed by atoms with Crippen molar-refractivity contribution >= 4 is 29.1 Å². The zero-order chi connectivity index (χ0) is 12.1. The number of nitro groups is 1. The highest BCUT2D eigenvalue weighted by molar-refractivity contribution is 8.00. The number of ether oxygens (including phenoxy) is 1. The van der Waals surface area contributed by atoms with Crippen LogP contribution in [-0.4, -0.2) is 23.8 Å². The van der Waals surface area contributed by atoms with Crippen LogP contribution in [0.3, 0.4) is 0 Å². The van der Waals surface area contributed by atoms with E-state index in [-0.39, 0.29) is 23.1 Å². The number of nitro benzene ring substituents is 1. The maximum atomic E-state index is 10.9. The first-order valence-electron chi connectivity index (χ1n) is 4.28. The molecular weight excluding hydrogens is 232 g/mol. The lowest BCUT2D eigenvalue weighted by atomic mass is 10.3. The molecule has 6 nitrogen and oxygen atoms in total. The van der Waals surface area contributed by atoms with E-state index in [2.05, 4.69) is 4.74 Å². The molecule has 1 aromatic rings. The SMILES string of the molecule is COC(=O)CSc1ccc([N+](=O)[O-])c(N)c1. The fraction of sp³-hybridized carbons (Fsp3) is 0.222. The van der Waals surface area contributed by atoms with E-state index < -0.39 is 4.92 Å². The van der Waals surface area contributed by atoms with E-state index in [4.69, 9.17) is 5.73 Å². The molecule has 0 bridgehead atoms. The number of anilines is 1. The molecule has 0 radical (unpaired) electrons. The molecule has 0 amide bonds. The number of nitrogen functional groups attached to an aromatic ring is 1. The zero-order valence-corrected chi connectivity index (χ0v) is 9.32. The van der Waals surface area contributed by atoms with E-state index in [0.717, 1.165) is 0 Å². The second-order valence-corrected chi connectivity index (χ2v) is 3.89. The second kappa shape index (κ2) is 5.36. The van der Waals surface area contributed by atoms with Gasteiger partial charge in [-0.2, -0.15) is 0 Å². The van der Waals surface area contributed by atoms with Crippen molar-refractivity contribution in [2.45, 2.75) is 4.90 Å². The van der Waals surface area contributed by atoms with E-state index in [1.165, 1.54) is 31.0 Å². The first-order chi connectivity index (χ1) is 7.54. The van der Waals surface area contributed by atoms with Gasteiger partial charge < -0.3 is 10.5 Å². The number of carbonyl (C=O) groups is 1. The Kier molecular flexibility index (Phi) is 4.12. The quantitative estimate of drug-likeness (QED) is 0.282. The monoisotopic (exact) mass is 242 g/mol. The third-order valence-electron chi connectivity index (χ3n) is 1.78. The Morgan fingerprint density at radius 2 is 2.31 bits per heavy atom. The third-order valence-corrected chi connectivity index (χ3v) is 2.75. The van der Waals surface area contributed by atoms with E-state index in [0.29, 0.717) is 4.90 Å². The average molecular weight is 242 g/mol. The van der Waals surface area contributed by atoms with Crippen LogP contribution in [0.5, 0.6) is 0 Å². The van der Waals surface area contributed by atoms with Crippen LogP contribution in [0.15, 0.2) is 23.1 Å². The van der Waals surface area contributed by atoms with Gasteiger partial charge in [0.05, 0.1) is 17.8 Å². The molecule has 2 N–H and O–H groups in total. The smallest absolute Gasteiger partial charge is 0.315 e. The highest BCUT2D eigenvalue weighted by atomic mass is 32.2. The van der Waals surface area contributed by atoms with Gasteiger partial charge in [0.15, 0.2) is 0 Å². The summed E-state index contributed by atoms with van der Waals surface area (Å²) in [6.07, 6.45) is 0. The van der Waals surface area contributed by atoms with Gasteiger partial charge in [-0.05, 0) is 12.1 Å². The van der Waals surface area contributed by atoms with Crippen LogP contribution in [0.2, 0.25) is 0 Å². The van der Waals surface area contributed by atoms with Gasteiger partial charge in [-0.25, -0.2) is 0 Å². The Labute approximate surface area is 95.9 Å². The van der Waals surface area contributed by atoms with Gasteiger partial charge in [-0.3, -0.25) is 14.9 Å². The van der Waals surface area contributed by atoms with Crippen molar-refractivity contribution in [3.8, 4) is 0 Å². The predicted octanol–water partition coefficient (Wildman–Crippen LogP) is 1.44. The fourth-order valence-electron chi connectivity index (χ4n) is 0.990. The van der Waals surface area contributed by atoms with E-state index in [1.54, 1.807) is 6.07 Å². The van der Waals surface area contributed by atoms with E-state index in [9.17, 15) is 14.9 Å². The number of rotatable bonds is 4. The minimum atomic E-state index is -0.552. The number of nitrogens with zero attached hydrogens (tertiary/aromatic N) is 1. The molecule has 0 saturated carbocycles. The molecule has 0 unspecified atom stereocenters. The lowest BCUT2D eigenvalue weighted by molar-refractivity contribution is -0.383. The van der Waals surface area contributed by atoms with Crippen LogP contribution >= 0.6 is 11.8 Å². The molecule has 0 spiro atoms. The second-order valence-electron chi connectivity index (χ2n) is 2.84. The predicted molar refractivity (Wildman–Crippen MR) is 60.2 cm³/mol. The van der Waals surface area contributed by atoms with Crippen molar-refractivity contribution in [3.63, 3.8) is 0 Å². The van der Waals surface area contributed by atoms with Gasteiger partial charge in [-0.1, -0.05) is 0 Å². The number of nitrogens with two attached hydrogens (primary N) is 1. The molecular formula is C9H10N2O4S. The largest absolute Gasteiger partial charge is 0.468 e. The number of esters is 1. The number of hydrogen-bond acceptors (Lipinski definition) is 6. The van der Waals surface area contributed by atoms with Crippen LogP contribution < -0.4 is 5.73 Å². The number of hydrogen-bond donors (Lipinski definition) is 1. The maximum absolute atomic E-state index is 10.9. The molecule has 7 heteroatoms. The van der Waals surface area contributed by atoms with Crippen molar-refractivity contribution in [2.75, 3.05) is 18.6 Å². The number of thioether (sulfide) groups is 1. The molecule has 0 atom stereocenters. The molecule has 16 heavy (non-hydrogen) atoms. The first-order valence-corrected chi connectivity index (χ1v) is 5.26. The van der Waals surface area contributed by atoms with Crippen LogP contribution in [0.1, 0.15) is 0 Å². The minimum absolute atomic E-state index is 0.0832. The van der Waals surface area contributed by atoms with Crippen LogP contribution in [0, 0.1) is 10.1 Å². The summed E-state index contributed by atoms with van der Waals surface area (Å²) in [4.78, 5) is 21.5. The Bertz CT molecular complexity index is 422. The minimum Gasteiger partial charge on any atom is -0.468 e. The van der Waals surface area contributed by atoms with Crippen LogP contribution in [0.4, 0.5) is 11.4 Å². The Morgan fingerprint density at radius 3 is 2.81 bits per heavy atom. The normalized spacial score (nSPS) is 9.81. The van der Waals surface area contributed by atoms with Gasteiger partial charge in [0, 0.05) is 11.0 Å². The standard InChI is InChI=1S/C9H10N2O4S/c1-15-9(12)5-16-6-2-3-8(11(13)14)7(10)4-6/h2-4H,5,10H2,1H3. The summed E-state index contributed by atoms with van der Waals surface area (Å²) >= 11 is 1.21. The molecule has 86 valence electrons. The summed E-state index contributed by atoms with van der Waals surface area (Å²) in [5, 5.41) is 10.5. The Balaban J connectivity index is 2.74. The van der Waals surface area contributed by atoms with Crippen molar-refractivity contribution in [1.82, 2.24) is 0 Å². The molecule has 0 aliphatic carbocycles. The van der Waals surface area contributed by atoms with Crippen molar-refractivity contribution in [1.29, 1.82) is 0 Å². The van der Waals surface area contributed by atoms with Gasteiger partial charge in [0.1, 0.15) is 5.69 Å². The van der Waals surface area contributed by atoms with Crippen molar-refractivity contribution in [2.24, 2.45) is 0 Å². The molecule has 1 rings (SSSR count). The van der Waals surface area contributed by atoms with Crippen LogP contribution in [0.25, 0.3) is 0 Å². The van der Waals surface area contributed by atoms with Gasteiger partial charge in [0.2, 0.25) is 0 Å². The van der Waals surface area contributed by atoms with Crippen molar-refractivity contribution in [3.05, 3.63) is 28.3 Å². The maximum Gasteiger partial charge on any atom is 0.315 e. The fourth-order valence-corrected chi connectivity index (χ4v) is 1.77. The Morgan fingerprint density at radius 1 is 1.62 bits per heavy atom. The average Bonchev–Trinajstić information content (AvgIpc) is 2.25. The van der Waals surface area contributed by atoms with Gasteiger partial charge in [-0.15, -0.1) is 11.8 Å². The molecule has 0 aliphatic heterocycles. The lowest BCUT2D eigenvalue weighted by Gasteiger charge is -2.02. The molecule has 0 fully saturated rings. The highest BCUT2D eigenvalue weighted by Gasteiger charge is 2.11. The first kappa shape index (κ1) is 12.3. The summed E-state index contributed by atoms with van der Waals surface area (Å²) in [6, 6.07) is 4.32. The lowest BCUT2D eigenvalue weighted by Crippen LogP contribution is -2.03. The zero-order valence-electron chi connectivity index (χ0n) is 8.50. The molecule has 0 aromatic heterocycles. The summed E-state index contributed by atoms with van der Waals surface area (Å²) in [6.45, 7) is 0. The third kappa shape index (κ3) is 3.13. The Hall–Kier alpha value is -1.76. The number of benzene rings is 1. The molecule has 0 saturated heterocycles.